The second kappa shape index (κ2) is 4.05. The van der Waals surface area contributed by atoms with Gasteiger partial charge in [-0.1, -0.05) is 0 Å². The van der Waals surface area contributed by atoms with Crippen LogP contribution in [-0.4, -0.2) is 19.7 Å². The molecule has 0 fully saturated rings. The molecule has 2 aromatic heterocycles. The van der Waals surface area contributed by atoms with E-state index in [4.69, 9.17) is 0 Å². The van der Waals surface area contributed by atoms with Gasteiger partial charge in [-0.3, -0.25) is 4.98 Å². The van der Waals surface area contributed by atoms with Crippen LogP contribution >= 0.6 is 0 Å². The summed E-state index contributed by atoms with van der Waals surface area (Å²) in [5, 5.41) is 14.1. The number of pyridine rings is 1. The normalized spacial score (nSPS) is 10.3. The van der Waals surface area contributed by atoms with E-state index in [1.54, 1.807) is 0 Å². The van der Waals surface area contributed by atoms with Gasteiger partial charge in [0.2, 0.25) is 0 Å². The monoisotopic (exact) mass is 222 g/mol. The quantitative estimate of drug-likeness (QED) is 0.580. The minimum atomic E-state index is -0.575. The lowest BCUT2D eigenvalue weighted by molar-refractivity contribution is -0.389. The first-order valence-electron chi connectivity index (χ1n) is 4.43. The Hall–Kier alpha value is -2.31. The van der Waals surface area contributed by atoms with Crippen LogP contribution in [0.2, 0.25) is 0 Å². The summed E-state index contributed by atoms with van der Waals surface area (Å²) in [5.74, 6) is -0.641. The maximum atomic E-state index is 12.6. The zero-order valence-electron chi connectivity index (χ0n) is 8.08. The molecule has 2 heterocycles. The molecule has 0 aliphatic heterocycles. The molecule has 0 unspecified atom stereocenters. The van der Waals surface area contributed by atoms with E-state index in [0.717, 1.165) is 6.20 Å². The Labute approximate surface area is 89.5 Å². The summed E-state index contributed by atoms with van der Waals surface area (Å²) in [6, 6.07) is 4.08. The Bertz CT molecular complexity index is 508. The van der Waals surface area contributed by atoms with Gasteiger partial charge in [0.1, 0.15) is 12.4 Å². The molecule has 16 heavy (non-hydrogen) atoms. The van der Waals surface area contributed by atoms with Gasteiger partial charge in [-0.2, -0.15) is 4.68 Å². The van der Waals surface area contributed by atoms with Gasteiger partial charge in [0, 0.05) is 0 Å². The molecule has 2 aromatic rings. The fraction of sp³-hybridized carbons (Fsp3) is 0.111. The van der Waals surface area contributed by atoms with E-state index in [9.17, 15) is 14.5 Å². The van der Waals surface area contributed by atoms with Crippen molar-refractivity contribution in [3.05, 3.63) is 52.2 Å². The van der Waals surface area contributed by atoms with Crippen molar-refractivity contribution in [2.45, 2.75) is 6.54 Å². The maximum Gasteiger partial charge on any atom is 0.389 e. The molecule has 0 N–H and O–H groups in total. The first-order valence-corrected chi connectivity index (χ1v) is 4.43. The zero-order chi connectivity index (χ0) is 11.5. The summed E-state index contributed by atoms with van der Waals surface area (Å²) in [6.07, 6.45) is 2.57. The minimum absolute atomic E-state index is 0.220. The lowest BCUT2D eigenvalue weighted by Crippen LogP contribution is -2.03. The highest BCUT2D eigenvalue weighted by atomic mass is 19.1. The van der Waals surface area contributed by atoms with Crippen LogP contribution in [0.1, 0.15) is 5.69 Å². The van der Waals surface area contributed by atoms with Crippen molar-refractivity contribution in [3.8, 4) is 0 Å². The van der Waals surface area contributed by atoms with E-state index in [1.165, 1.54) is 29.1 Å². The summed E-state index contributed by atoms with van der Waals surface area (Å²) in [5.41, 5.74) is 0.583. The lowest BCUT2D eigenvalue weighted by atomic mass is 10.3. The molecule has 0 radical (unpaired) electrons. The molecule has 0 aliphatic rings. The van der Waals surface area contributed by atoms with Crippen LogP contribution < -0.4 is 0 Å². The molecule has 2 rings (SSSR count). The molecular weight excluding hydrogens is 215 g/mol. The summed E-state index contributed by atoms with van der Waals surface area (Å²) in [6.45, 7) is 0.272. The maximum absolute atomic E-state index is 12.6. The minimum Gasteiger partial charge on any atom is -0.358 e. The number of aromatic nitrogens is 3. The van der Waals surface area contributed by atoms with Gasteiger partial charge in [-0.15, -0.1) is 0 Å². The average molecular weight is 222 g/mol. The van der Waals surface area contributed by atoms with Gasteiger partial charge in [-0.25, -0.2) is 4.39 Å². The summed E-state index contributed by atoms with van der Waals surface area (Å²) in [7, 11) is 0. The van der Waals surface area contributed by atoms with Crippen molar-refractivity contribution in [1.29, 1.82) is 0 Å². The van der Waals surface area contributed by atoms with Crippen LogP contribution in [0, 0.1) is 15.9 Å². The molecule has 0 atom stereocenters. The molecule has 0 bridgehead atoms. The number of hydrogen-bond donors (Lipinski definition) is 0. The number of hydrogen-bond acceptors (Lipinski definition) is 4. The van der Waals surface area contributed by atoms with Crippen molar-refractivity contribution in [3.63, 3.8) is 0 Å². The third-order valence-electron chi connectivity index (χ3n) is 1.93. The van der Waals surface area contributed by atoms with Crippen molar-refractivity contribution < 1.29 is 9.31 Å². The molecule has 0 saturated heterocycles. The molecular formula is C9H7FN4O2. The fourth-order valence-corrected chi connectivity index (χ4v) is 1.20. The Morgan fingerprint density at radius 2 is 2.25 bits per heavy atom. The number of halogens is 1. The molecule has 0 saturated carbocycles. The first-order chi connectivity index (χ1) is 7.65. The average Bonchev–Trinajstić information content (AvgIpc) is 2.70. The van der Waals surface area contributed by atoms with Crippen LogP contribution in [0.25, 0.3) is 0 Å². The fourth-order valence-electron chi connectivity index (χ4n) is 1.20. The van der Waals surface area contributed by atoms with Crippen LogP contribution in [0.3, 0.4) is 0 Å². The standard InChI is InChI=1S/C9H7FN4O2/c10-7-1-2-8(11-5-7)6-13-4-3-9(12-13)14(15)16/h1-5H,6H2. The number of nitrogens with zero attached hydrogens (tertiary/aromatic N) is 4. The predicted octanol–water partition coefficient (Wildman–Crippen LogP) is 1.37. The Kier molecular flexibility index (Phi) is 2.59. The molecule has 7 heteroatoms. The Balaban J connectivity index is 2.14. The smallest absolute Gasteiger partial charge is 0.358 e. The SMILES string of the molecule is O=[N+]([O-])c1ccn(Cc2ccc(F)cn2)n1. The van der Waals surface area contributed by atoms with Crippen molar-refractivity contribution in [1.82, 2.24) is 14.8 Å². The van der Waals surface area contributed by atoms with Crippen molar-refractivity contribution in [2.75, 3.05) is 0 Å². The Morgan fingerprint density at radius 1 is 1.44 bits per heavy atom. The van der Waals surface area contributed by atoms with Crippen LogP contribution in [-0.2, 0) is 6.54 Å². The lowest BCUT2D eigenvalue weighted by Gasteiger charge is -1.96. The molecule has 0 spiro atoms. The Morgan fingerprint density at radius 3 is 2.81 bits per heavy atom. The second-order valence-electron chi connectivity index (χ2n) is 3.10. The van der Waals surface area contributed by atoms with Gasteiger partial charge in [0.25, 0.3) is 0 Å². The van der Waals surface area contributed by atoms with E-state index < -0.39 is 10.7 Å². The van der Waals surface area contributed by atoms with E-state index in [2.05, 4.69) is 10.1 Å². The third kappa shape index (κ3) is 2.19. The summed E-state index contributed by atoms with van der Waals surface area (Å²) in [4.78, 5) is 13.6. The van der Waals surface area contributed by atoms with Crippen LogP contribution in [0.5, 0.6) is 0 Å². The van der Waals surface area contributed by atoms with Gasteiger partial charge < -0.3 is 10.1 Å². The van der Waals surface area contributed by atoms with Gasteiger partial charge in [0.05, 0.1) is 29.3 Å². The molecule has 0 aromatic carbocycles. The largest absolute Gasteiger partial charge is 0.389 e. The summed E-state index contributed by atoms with van der Waals surface area (Å²) >= 11 is 0. The van der Waals surface area contributed by atoms with Crippen molar-refractivity contribution in [2.24, 2.45) is 0 Å². The van der Waals surface area contributed by atoms with E-state index in [1.807, 2.05) is 0 Å². The molecule has 0 aliphatic carbocycles. The van der Waals surface area contributed by atoms with E-state index >= 15 is 0 Å². The summed E-state index contributed by atoms with van der Waals surface area (Å²) < 4.78 is 13.9. The molecule has 6 nitrogen and oxygen atoms in total. The van der Waals surface area contributed by atoms with Crippen LogP contribution in [0.15, 0.2) is 30.6 Å². The van der Waals surface area contributed by atoms with Gasteiger partial charge in [0.15, 0.2) is 0 Å². The molecule has 82 valence electrons. The van der Waals surface area contributed by atoms with Crippen molar-refractivity contribution >= 4 is 5.82 Å². The zero-order valence-corrected chi connectivity index (χ0v) is 8.08. The second-order valence-corrected chi connectivity index (χ2v) is 3.10. The first kappa shape index (κ1) is 10.2. The highest BCUT2D eigenvalue weighted by Crippen LogP contribution is 2.07. The van der Waals surface area contributed by atoms with E-state index in [0.29, 0.717) is 5.69 Å². The third-order valence-corrected chi connectivity index (χ3v) is 1.93. The van der Waals surface area contributed by atoms with Crippen LogP contribution in [0.4, 0.5) is 10.2 Å². The highest BCUT2D eigenvalue weighted by Gasteiger charge is 2.11. The highest BCUT2D eigenvalue weighted by molar-refractivity contribution is 5.15. The van der Waals surface area contributed by atoms with Gasteiger partial charge >= 0.3 is 5.82 Å². The topological polar surface area (TPSA) is 73.8 Å². The number of rotatable bonds is 3. The predicted molar refractivity (Wildman–Crippen MR) is 52.2 cm³/mol. The van der Waals surface area contributed by atoms with Gasteiger partial charge in [-0.05, 0) is 17.1 Å². The van der Waals surface area contributed by atoms with E-state index in [-0.39, 0.29) is 12.4 Å². The number of nitro groups is 1. The molecule has 0 amide bonds.